The number of carbonyl (C=O) groups is 1. The molecule has 0 bridgehead atoms. The molecule has 3 rings (SSSR count). The third-order valence-electron chi connectivity index (χ3n) is 4.62. The van der Waals surface area contributed by atoms with E-state index >= 15 is 0 Å². The normalized spacial score (nSPS) is 16.5. The predicted molar refractivity (Wildman–Crippen MR) is 97.8 cm³/mol. The number of morpholine rings is 1. The van der Waals surface area contributed by atoms with Gasteiger partial charge >= 0.3 is 6.18 Å². The number of nitrogens with two attached hydrogens (primary N) is 1. The number of anilines is 1. The molecule has 1 unspecified atom stereocenters. The van der Waals surface area contributed by atoms with Gasteiger partial charge in [0.2, 0.25) is 0 Å². The van der Waals surface area contributed by atoms with Crippen molar-refractivity contribution in [2.75, 3.05) is 38.2 Å². The fraction of sp³-hybridized carbons (Fsp3) is 0.368. The Morgan fingerprint density at radius 3 is 2.50 bits per heavy atom. The summed E-state index contributed by atoms with van der Waals surface area (Å²) in [5.41, 5.74) is 6.15. The summed E-state index contributed by atoms with van der Waals surface area (Å²) in [6.07, 6.45) is -2.89. The summed E-state index contributed by atoms with van der Waals surface area (Å²) < 4.78 is 44.0. The van der Waals surface area contributed by atoms with E-state index in [2.05, 4.69) is 15.2 Å². The third kappa shape index (κ3) is 4.99. The van der Waals surface area contributed by atoms with Crippen LogP contribution in [0.5, 0.6) is 0 Å². The van der Waals surface area contributed by atoms with Gasteiger partial charge in [-0.3, -0.25) is 14.7 Å². The lowest BCUT2D eigenvalue weighted by molar-refractivity contribution is -0.137. The number of primary amides is 1. The minimum Gasteiger partial charge on any atom is -0.383 e. The van der Waals surface area contributed by atoms with Gasteiger partial charge in [-0.15, -0.1) is 0 Å². The molecule has 2 aromatic rings. The van der Waals surface area contributed by atoms with Gasteiger partial charge in [0.1, 0.15) is 5.69 Å². The summed E-state index contributed by atoms with van der Waals surface area (Å²) >= 11 is 0. The molecule has 0 aliphatic carbocycles. The molecule has 1 aliphatic heterocycles. The molecular weight excluding hydrogens is 373 g/mol. The highest BCUT2D eigenvalue weighted by Crippen LogP contribution is 2.31. The van der Waals surface area contributed by atoms with Crippen LogP contribution in [0.4, 0.5) is 18.9 Å². The van der Waals surface area contributed by atoms with Gasteiger partial charge in [0.15, 0.2) is 0 Å². The van der Waals surface area contributed by atoms with E-state index in [9.17, 15) is 18.0 Å². The molecule has 1 saturated heterocycles. The summed E-state index contributed by atoms with van der Waals surface area (Å²) in [5.74, 6) is -0.629. The average molecular weight is 394 g/mol. The molecule has 3 N–H and O–H groups in total. The first-order valence-corrected chi connectivity index (χ1v) is 8.83. The van der Waals surface area contributed by atoms with Crippen molar-refractivity contribution < 1.29 is 22.7 Å². The summed E-state index contributed by atoms with van der Waals surface area (Å²) in [7, 11) is 0. The van der Waals surface area contributed by atoms with Crippen molar-refractivity contribution in [2.24, 2.45) is 5.73 Å². The zero-order valence-electron chi connectivity index (χ0n) is 15.1. The molecule has 9 heteroatoms. The van der Waals surface area contributed by atoms with Crippen LogP contribution in [-0.4, -0.2) is 48.6 Å². The summed E-state index contributed by atoms with van der Waals surface area (Å²) in [6, 6.07) is 8.30. The van der Waals surface area contributed by atoms with E-state index < -0.39 is 17.6 Å². The van der Waals surface area contributed by atoms with E-state index in [4.69, 9.17) is 10.5 Å². The second-order valence-corrected chi connectivity index (χ2v) is 6.46. The molecule has 1 aromatic carbocycles. The number of pyridine rings is 1. The van der Waals surface area contributed by atoms with Crippen LogP contribution in [-0.2, 0) is 10.9 Å². The predicted octanol–water partition coefficient (Wildman–Crippen LogP) is 2.68. The van der Waals surface area contributed by atoms with Crippen LogP contribution in [0.2, 0.25) is 0 Å². The van der Waals surface area contributed by atoms with Crippen LogP contribution in [0.3, 0.4) is 0 Å². The quantitative estimate of drug-likeness (QED) is 0.788. The minimum absolute atomic E-state index is 0.141. The van der Waals surface area contributed by atoms with Gasteiger partial charge in [0.25, 0.3) is 5.91 Å². The smallest absolute Gasteiger partial charge is 0.383 e. The molecule has 0 radical (unpaired) electrons. The number of hydrogen-bond donors (Lipinski definition) is 2. The van der Waals surface area contributed by atoms with Crippen molar-refractivity contribution in [1.82, 2.24) is 9.88 Å². The molecule has 0 saturated carbocycles. The van der Waals surface area contributed by atoms with Gasteiger partial charge in [-0.05, 0) is 29.8 Å². The molecule has 1 fully saturated rings. The number of hydrogen-bond acceptors (Lipinski definition) is 5. The monoisotopic (exact) mass is 394 g/mol. The zero-order chi connectivity index (χ0) is 20.1. The van der Waals surface area contributed by atoms with E-state index in [0.717, 1.165) is 17.7 Å². The van der Waals surface area contributed by atoms with Gasteiger partial charge in [0, 0.05) is 31.5 Å². The number of amides is 1. The third-order valence-corrected chi connectivity index (χ3v) is 4.62. The molecule has 0 spiro atoms. The van der Waals surface area contributed by atoms with Gasteiger partial charge in [-0.1, -0.05) is 12.1 Å². The standard InChI is InChI=1S/C19H21F3N4O2/c20-19(21,22)14-3-1-13(2-4-14)17(26-7-9-28-10-8-26)12-25-15-5-6-24-16(11-15)18(23)27/h1-6,11,17H,7-10,12H2,(H2,23,27)(H,24,25). The largest absolute Gasteiger partial charge is 0.416 e. The Kier molecular flexibility index (Phi) is 6.15. The zero-order valence-corrected chi connectivity index (χ0v) is 15.1. The van der Waals surface area contributed by atoms with Crippen molar-refractivity contribution in [1.29, 1.82) is 0 Å². The van der Waals surface area contributed by atoms with E-state index in [-0.39, 0.29) is 11.7 Å². The Morgan fingerprint density at radius 1 is 1.21 bits per heavy atom. The first-order valence-electron chi connectivity index (χ1n) is 8.83. The fourth-order valence-corrected chi connectivity index (χ4v) is 3.13. The highest BCUT2D eigenvalue weighted by Gasteiger charge is 2.31. The minimum atomic E-state index is -4.37. The Labute approximate surface area is 160 Å². The maximum absolute atomic E-state index is 12.9. The molecule has 1 aromatic heterocycles. The second-order valence-electron chi connectivity index (χ2n) is 6.46. The van der Waals surface area contributed by atoms with Crippen LogP contribution in [0, 0.1) is 0 Å². The number of nitrogens with one attached hydrogen (secondary N) is 1. The number of halogens is 3. The average Bonchev–Trinajstić information content (AvgIpc) is 2.69. The Bertz CT molecular complexity index is 806. The second kappa shape index (κ2) is 8.57. The number of aromatic nitrogens is 1. The maximum Gasteiger partial charge on any atom is 0.416 e. The first kappa shape index (κ1) is 20.1. The van der Waals surface area contributed by atoms with Gasteiger partial charge in [0.05, 0.1) is 24.8 Å². The number of alkyl halides is 3. The van der Waals surface area contributed by atoms with Crippen LogP contribution in [0.1, 0.15) is 27.7 Å². The van der Waals surface area contributed by atoms with Crippen molar-refractivity contribution in [3.05, 3.63) is 59.4 Å². The van der Waals surface area contributed by atoms with E-state index in [1.807, 2.05) is 0 Å². The van der Waals surface area contributed by atoms with E-state index in [1.54, 1.807) is 12.1 Å². The van der Waals surface area contributed by atoms with E-state index in [1.165, 1.54) is 18.3 Å². The Morgan fingerprint density at radius 2 is 1.89 bits per heavy atom. The lowest BCUT2D eigenvalue weighted by atomic mass is 10.0. The van der Waals surface area contributed by atoms with Crippen molar-refractivity contribution in [3.63, 3.8) is 0 Å². The van der Waals surface area contributed by atoms with Gasteiger partial charge in [-0.25, -0.2) is 0 Å². The lowest BCUT2D eigenvalue weighted by Gasteiger charge is -2.35. The summed E-state index contributed by atoms with van der Waals surface area (Å²) in [5, 5.41) is 3.23. The maximum atomic E-state index is 12.9. The molecule has 6 nitrogen and oxygen atoms in total. The number of rotatable bonds is 6. The van der Waals surface area contributed by atoms with Crippen molar-refractivity contribution in [3.8, 4) is 0 Å². The highest BCUT2D eigenvalue weighted by molar-refractivity contribution is 5.91. The van der Waals surface area contributed by atoms with Crippen LogP contribution >= 0.6 is 0 Å². The van der Waals surface area contributed by atoms with Crippen LogP contribution < -0.4 is 11.1 Å². The Hall–Kier alpha value is -2.65. The highest BCUT2D eigenvalue weighted by atomic mass is 19.4. The number of nitrogens with zero attached hydrogens (tertiary/aromatic N) is 2. The van der Waals surface area contributed by atoms with Crippen molar-refractivity contribution >= 4 is 11.6 Å². The fourth-order valence-electron chi connectivity index (χ4n) is 3.13. The molecule has 1 amide bonds. The molecule has 1 aliphatic rings. The number of benzene rings is 1. The summed E-state index contributed by atoms with van der Waals surface area (Å²) in [4.78, 5) is 17.4. The molecule has 150 valence electrons. The molecule has 28 heavy (non-hydrogen) atoms. The Balaban J connectivity index is 1.79. The molecule has 2 heterocycles. The SMILES string of the molecule is NC(=O)c1cc(NCC(c2ccc(C(F)(F)F)cc2)N2CCOCC2)ccn1. The van der Waals surface area contributed by atoms with E-state index in [0.29, 0.717) is 38.5 Å². The van der Waals surface area contributed by atoms with Gasteiger partial charge < -0.3 is 15.8 Å². The molecular formula is C19H21F3N4O2. The number of ether oxygens (including phenoxy) is 1. The topological polar surface area (TPSA) is 80.5 Å². The van der Waals surface area contributed by atoms with Crippen molar-refractivity contribution in [2.45, 2.75) is 12.2 Å². The number of carbonyl (C=O) groups excluding carboxylic acids is 1. The van der Waals surface area contributed by atoms with Gasteiger partial charge in [-0.2, -0.15) is 13.2 Å². The molecule has 1 atom stereocenters. The summed E-state index contributed by atoms with van der Waals surface area (Å²) in [6.45, 7) is 2.93. The lowest BCUT2D eigenvalue weighted by Crippen LogP contribution is -2.41. The first-order chi connectivity index (χ1) is 13.3. The van der Waals surface area contributed by atoms with Crippen LogP contribution in [0.15, 0.2) is 42.6 Å². The van der Waals surface area contributed by atoms with Crippen LogP contribution in [0.25, 0.3) is 0 Å².